The maximum Gasteiger partial charge on any atom is 0.354 e. The molecule has 40 heavy (non-hydrogen) atoms. The van der Waals surface area contributed by atoms with E-state index < -0.39 is 23.8 Å². The van der Waals surface area contributed by atoms with E-state index >= 15 is 0 Å². The second kappa shape index (κ2) is 17.8. The van der Waals surface area contributed by atoms with Gasteiger partial charge in [-0.25, -0.2) is 4.79 Å². The molecule has 1 heterocycles. The third-order valence-electron chi connectivity index (χ3n) is 6.33. The van der Waals surface area contributed by atoms with Crippen molar-refractivity contribution >= 4 is 35.4 Å². The smallest absolute Gasteiger partial charge is 0.345 e. The minimum atomic E-state index is -0.960. The number of imide groups is 1. The van der Waals surface area contributed by atoms with Crippen LogP contribution in [0.5, 0.6) is 0 Å². The molecule has 12 heteroatoms. The summed E-state index contributed by atoms with van der Waals surface area (Å²) in [5, 5.41) is 5.83. The van der Waals surface area contributed by atoms with E-state index in [4.69, 9.17) is 4.84 Å². The number of amides is 4. The average Bonchev–Trinajstić information content (AvgIpc) is 3.16. The van der Waals surface area contributed by atoms with E-state index in [0.29, 0.717) is 29.7 Å². The van der Waals surface area contributed by atoms with Gasteiger partial charge in [-0.2, -0.15) is 0 Å². The molecule has 0 saturated carbocycles. The zero-order chi connectivity index (χ0) is 31.3. The highest BCUT2D eigenvalue weighted by Gasteiger charge is 2.35. The minimum Gasteiger partial charge on any atom is -0.345 e. The van der Waals surface area contributed by atoms with E-state index in [1.807, 2.05) is 39.8 Å². The van der Waals surface area contributed by atoms with E-state index in [-0.39, 0.29) is 48.6 Å². The van der Waals surface area contributed by atoms with Gasteiger partial charge >= 0.3 is 5.97 Å². The fourth-order valence-corrected chi connectivity index (χ4v) is 3.89. The van der Waals surface area contributed by atoms with E-state index in [1.54, 1.807) is 25.9 Å². The summed E-state index contributed by atoms with van der Waals surface area (Å²) in [5.74, 6) is -1.46. The molecule has 0 aromatic heterocycles. The maximum atomic E-state index is 12.3. The number of hydrogen-bond acceptors (Lipinski definition) is 9. The lowest BCUT2D eigenvalue weighted by Gasteiger charge is -2.26. The van der Waals surface area contributed by atoms with Crippen molar-refractivity contribution in [3.63, 3.8) is 0 Å². The highest BCUT2D eigenvalue weighted by molar-refractivity contribution is 6.02. The van der Waals surface area contributed by atoms with Crippen LogP contribution in [-0.2, 0) is 33.6 Å². The molecule has 12 nitrogen and oxygen atoms in total. The highest BCUT2D eigenvalue weighted by atomic mass is 16.7. The summed E-state index contributed by atoms with van der Waals surface area (Å²) in [7, 11) is 7.35. The summed E-state index contributed by atoms with van der Waals surface area (Å²) in [4.78, 5) is 79.0. The van der Waals surface area contributed by atoms with Gasteiger partial charge in [0.05, 0.1) is 18.1 Å². The van der Waals surface area contributed by atoms with E-state index in [2.05, 4.69) is 24.5 Å². The van der Waals surface area contributed by atoms with Crippen LogP contribution < -0.4 is 10.6 Å². The number of hydrogen-bond donors (Lipinski definition) is 2. The zero-order valence-electron chi connectivity index (χ0n) is 26.2. The van der Waals surface area contributed by atoms with Gasteiger partial charge in [-0.1, -0.05) is 34.6 Å². The Kier molecular flexibility index (Phi) is 16.5. The number of carbonyl (C=O) groups is 6. The maximum absolute atomic E-state index is 12.3. The number of carbonyl (C=O) groups excluding carboxylic acids is 6. The predicted octanol–water partition coefficient (Wildman–Crippen LogP) is 1.52. The molecule has 4 atom stereocenters. The molecule has 0 aliphatic carbocycles. The Morgan fingerprint density at radius 2 is 1.12 bits per heavy atom. The van der Waals surface area contributed by atoms with Crippen molar-refractivity contribution in [3.05, 3.63) is 0 Å². The first-order valence-corrected chi connectivity index (χ1v) is 14.0. The topological polar surface area (TPSA) is 145 Å². The lowest BCUT2D eigenvalue weighted by atomic mass is 10.0. The van der Waals surface area contributed by atoms with E-state index in [1.165, 1.54) is 6.92 Å². The van der Waals surface area contributed by atoms with Gasteiger partial charge in [0, 0.05) is 19.3 Å². The number of Topliss-reactive ketones (excluding diaryl/α,β-unsaturated/α-hetero) is 1. The van der Waals surface area contributed by atoms with Crippen LogP contribution in [0.4, 0.5) is 0 Å². The second-order valence-corrected chi connectivity index (χ2v) is 11.5. The van der Waals surface area contributed by atoms with E-state index in [0.717, 1.165) is 6.42 Å². The number of rotatable bonds is 14. The summed E-state index contributed by atoms with van der Waals surface area (Å²) in [5.41, 5.74) is 0. The summed E-state index contributed by atoms with van der Waals surface area (Å²) < 4.78 is 0. The zero-order valence-corrected chi connectivity index (χ0v) is 26.2. The molecule has 1 aliphatic heterocycles. The van der Waals surface area contributed by atoms with Crippen LogP contribution in [0.15, 0.2) is 0 Å². The number of ketones is 1. The first-order chi connectivity index (χ1) is 18.4. The van der Waals surface area contributed by atoms with Gasteiger partial charge in [-0.15, -0.1) is 5.06 Å². The minimum absolute atomic E-state index is 0.0317. The van der Waals surface area contributed by atoms with E-state index in [9.17, 15) is 28.8 Å². The molecule has 1 rings (SSSR count). The van der Waals surface area contributed by atoms with Crippen molar-refractivity contribution in [2.24, 2.45) is 11.8 Å². The van der Waals surface area contributed by atoms with Gasteiger partial charge in [-0.3, -0.25) is 33.8 Å². The monoisotopic (exact) mass is 569 g/mol. The Hall–Kier alpha value is -2.86. The number of likely N-dealkylation sites (N-methyl/N-ethyl adjacent to an activating group) is 2. The van der Waals surface area contributed by atoms with Crippen LogP contribution in [0.3, 0.4) is 0 Å². The largest absolute Gasteiger partial charge is 0.354 e. The fourth-order valence-electron chi connectivity index (χ4n) is 3.89. The molecule has 4 unspecified atom stereocenters. The van der Waals surface area contributed by atoms with Crippen molar-refractivity contribution in [2.45, 2.75) is 105 Å². The molecule has 1 fully saturated rings. The summed E-state index contributed by atoms with van der Waals surface area (Å²) in [6.45, 7) is 13.2. The third-order valence-corrected chi connectivity index (χ3v) is 6.33. The van der Waals surface area contributed by atoms with Crippen molar-refractivity contribution in [2.75, 3.05) is 28.2 Å². The van der Waals surface area contributed by atoms with Crippen LogP contribution in [0.25, 0.3) is 0 Å². The van der Waals surface area contributed by atoms with Gasteiger partial charge < -0.3 is 15.5 Å². The fraction of sp³-hybridized carbons (Fsp3) is 0.786. The molecule has 2 N–H and O–H groups in total. The van der Waals surface area contributed by atoms with Crippen LogP contribution in [0.2, 0.25) is 0 Å². The molecule has 0 radical (unpaired) electrons. The SMILES string of the molecule is CC(C)CC(C(=O)NC(C)C(=O)ON1C(=O)CCC1=O)N(C)C.CCC(=O)C(C)NC(=O)C(CC(C)C)N(C)C. The Labute approximate surface area is 239 Å². The lowest BCUT2D eigenvalue weighted by Crippen LogP contribution is -2.50. The Balaban J connectivity index is 0.000000799. The first-order valence-electron chi connectivity index (χ1n) is 14.0. The Bertz CT molecular complexity index is 872. The van der Waals surface area contributed by atoms with Crippen molar-refractivity contribution in [1.29, 1.82) is 0 Å². The number of nitrogens with one attached hydrogen (secondary N) is 2. The molecular formula is C28H51N5O7. The molecule has 230 valence electrons. The summed E-state index contributed by atoms with van der Waals surface area (Å²) in [6.07, 6.45) is 1.96. The van der Waals surface area contributed by atoms with Gasteiger partial charge in [0.1, 0.15) is 6.04 Å². The third kappa shape index (κ3) is 13.0. The average molecular weight is 570 g/mol. The molecule has 0 aromatic carbocycles. The summed E-state index contributed by atoms with van der Waals surface area (Å²) >= 11 is 0. The van der Waals surface area contributed by atoms with Gasteiger partial charge in [-0.05, 0) is 66.7 Å². The lowest BCUT2D eigenvalue weighted by molar-refractivity contribution is -0.198. The number of nitrogens with zero attached hydrogens (tertiary/aromatic N) is 3. The first kappa shape index (κ1) is 37.1. The quantitative estimate of drug-likeness (QED) is 0.297. The predicted molar refractivity (Wildman–Crippen MR) is 152 cm³/mol. The Morgan fingerprint density at radius 3 is 1.45 bits per heavy atom. The van der Waals surface area contributed by atoms with Gasteiger partial charge in [0.15, 0.2) is 5.78 Å². The van der Waals surface area contributed by atoms with Crippen LogP contribution in [-0.4, -0.2) is 103 Å². The molecule has 1 saturated heterocycles. The molecule has 0 spiro atoms. The van der Waals surface area contributed by atoms with Crippen molar-refractivity contribution in [1.82, 2.24) is 25.5 Å². The highest BCUT2D eigenvalue weighted by Crippen LogP contribution is 2.14. The van der Waals surface area contributed by atoms with Crippen molar-refractivity contribution < 1.29 is 33.6 Å². The normalized spacial score (nSPS) is 16.4. The summed E-state index contributed by atoms with van der Waals surface area (Å²) in [6, 6.07) is -1.89. The van der Waals surface area contributed by atoms with Crippen LogP contribution >= 0.6 is 0 Å². The molecule has 0 bridgehead atoms. The van der Waals surface area contributed by atoms with Crippen LogP contribution in [0.1, 0.15) is 80.6 Å². The van der Waals surface area contributed by atoms with Crippen molar-refractivity contribution in [3.8, 4) is 0 Å². The molecule has 4 amide bonds. The number of hydroxylamine groups is 2. The van der Waals surface area contributed by atoms with Gasteiger partial charge in [0.25, 0.3) is 11.8 Å². The molecular weight excluding hydrogens is 518 g/mol. The second-order valence-electron chi connectivity index (χ2n) is 11.5. The standard InChI is InChI=1S/C15H25N3O5.C13H26N2O2/c1-9(2)8-11(17(4)5)14(21)16-10(3)15(22)23-18-12(19)6-7-13(18)20;1-7-12(16)10(4)14-13(17)11(15(5)6)8-9(2)3/h9-11H,6-8H2,1-5H3,(H,16,21);9-11H,7-8H2,1-6H3,(H,14,17). The van der Waals surface area contributed by atoms with Crippen LogP contribution in [0, 0.1) is 11.8 Å². The Morgan fingerprint density at radius 1 is 0.750 bits per heavy atom. The molecule has 1 aliphatic rings. The molecule has 0 aromatic rings. The van der Waals surface area contributed by atoms with Gasteiger partial charge in [0.2, 0.25) is 11.8 Å².